The molecule has 1 atom stereocenters. The first-order valence-corrected chi connectivity index (χ1v) is 7.77. The quantitative estimate of drug-likeness (QED) is 0.756. The summed E-state index contributed by atoms with van der Waals surface area (Å²) < 4.78 is 0. The van der Waals surface area contributed by atoms with E-state index >= 15 is 0 Å². The molecular weight excluding hydrogens is 286 g/mol. The molecule has 0 aliphatic carbocycles. The van der Waals surface area contributed by atoms with Crippen LogP contribution in [0, 0.1) is 6.92 Å². The van der Waals surface area contributed by atoms with Crippen molar-refractivity contribution in [3.63, 3.8) is 0 Å². The maximum Gasteiger partial charge on any atom is 0.321 e. The van der Waals surface area contributed by atoms with Crippen LogP contribution in [0.25, 0.3) is 0 Å². The van der Waals surface area contributed by atoms with Crippen molar-refractivity contribution in [1.29, 1.82) is 0 Å². The van der Waals surface area contributed by atoms with Gasteiger partial charge in [0.2, 0.25) is 0 Å². The van der Waals surface area contributed by atoms with Crippen LogP contribution < -0.4 is 0 Å². The van der Waals surface area contributed by atoms with Gasteiger partial charge in [-0.15, -0.1) is 6.58 Å². The molecule has 23 heavy (non-hydrogen) atoms. The summed E-state index contributed by atoms with van der Waals surface area (Å²) in [6, 6.07) is 17.3. The first-order valence-electron chi connectivity index (χ1n) is 7.77. The summed E-state index contributed by atoms with van der Waals surface area (Å²) in [5.41, 5.74) is 3.32. The molecule has 0 aliphatic rings. The summed E-state index contributed by atoms with van der Waals surface area (Å²) in [5.74, 6) is -0.802. The Morgan fingerprint density at radius 1 is 1.17 bits per heavy atom. The zero-order valence-electron chi connectivity index (χ0n) is 13.5. The second kappa shape index (κ2) is 8.30. The van der Waals surface area contributed by atoms with Crippen LogP contribution in [-0.2, 0) is 17.8 Å². The zero-order chi connectivity index (χ0) is 16.7. The van der Waals surface area contributed by atoms with Crippen molar-refractivity contribution in [2.75, 3.05) is 6.54 Å². The van der Waals surface area contributed by atoms with Crippen molar-refractivity contribution < 1.29 is 9.90 Å². The van der Waals surface area contributed by atoms with E-state index < -0.39 is 12.0 Å². The molecule has 0 heterocycles. The normalized spacial score (nSPS) is 12.1. The van der Waals surface area contributed by atoms with Crippen molar-refractivity contribution in [1.82, 2.24) is 4.90 Å². The van der Waals surface area contributed by atoms with Crippen molar-refractivity contribution in [3.8, 4) is 0 Å². The van der Waals surface area contributed by atoms with Crippen molar-refractivity contribution >= 4 is 5.97 Å². The van der Waals surface area contributed by atoms with Gasteiger partial charge in [-0.1, -0.05) is 66.2 Å². The third-order valence-electron chi connectivity index (χ3n) is 3.83. The highest BCUT2D eigenvalue weighted by Gasteiger charge is 2.25. The van der Waals surface area contributed by atoms with Gasteiger partial charge in [0.25, 0.3) is 0 Å². The lowest BCUT2D eigenvalue weighted by Gasteiger charge is -2.28. The smallest absolute Gasteiger partial charge is 0.321 e. The molecule has 2 aromatic rings. The molecular formula is C20H23NO2. The molecule has 3 heteroatoms. The number of aliphatic carboxylic acids is 1. The number of carboxylic acid groups (broad SMARTS) is 1. The van der Waals surface area contributed by atoms with Crippen LogP contribution in [0.2, 0.25) is 0 Å². The number of benzene rings is 2. The fourth-order valence-electron chi connectivity index (χ4n) is 2.72. The predicted octanol–water partition coefficient (Wildman–Crippen LogP) is 3.68. The first kappa shape index (κ1) is 17.0. The summed E-state index contributed by atoms with van der Waals surface area (Å²) in [4.78, 5) is 13.8. The maximum absolute atomic E-state index is 11.8. The molecule has 2 aromatic carbocycles. The topological polar surface area (TPSA) is 40.5 Å². The number of hydrogen-bond donors (Lipinski definition) is 1. The average Bonchev–Trinajstić information content (AvgIpc) is 2.53. The first-order chi connectivity index (χ1) is 11.1. The van der Waals surface area contributed by atoms with Crippen LogP contribution in [0.1, 0.15) is 16.7 Å². The van der Waals surface area contributed by atoms with Crippen LogP contribution in [0.4, 0.5) is 0 Å². The van der Waals surface area contributed by atoms with Gasteiger partial charge in [-0.2, -0.15) is 0 Å². The summed E-state index contributed by atoms with van der Waals surface area (Å²) >= 11 is 0. The zero-order valence-corrected chi connectivity index (χ0v) is 13.5. The predicted molar refractivity (Wildman–Crippen MR) is 93.4 cm³/mol. The van der Waals surface area contributed by atoms with Gasteiger partial charge in [-0.05, 0) is 24.5 Å². The van der Waals surface area contributed by atoms with Crippen molar-refractivity contribution in [2.24, 2.45) is 0 Å². The highest BCUT2D eigenvalue weighted by molar-refractivity contribution is 5.74. The van der Waals surface area contributed by atoms with Crippen LogP contribution in [0.3, 0.4) is 0 Å². The maximum atomic E-state index is 11.8. The molecule has 120 valence electrons. The number of aryl methyl sites for hydroxylation is 1. The van der Waals surface area contributed by atoms with Crippen LogP contribution in [-0.4, -0.2) is 28.6 Å². The lowest BCUT2D eigenvalue weighted by atomic mass is 10.0. The molecule has 0 saturated heterocycles. The summed E-state index contributed by atoms with van der Waals surface area (Å²) in [5, 5.41) is 9.69. The summed E-state index contributed by atoms with van der Waals surface area (Å²) in [6.07, 6.45) is 2.24. The summed E-state index contributed by atoms with van der Waals surface area (Å²) in [6.45, 7) is 6.95. The van der Waals surface area contributed by atoms with Crippen LogP contribution in [0.5, 0.6) is 0 Å². The standard InChI is InChI=1S/C20H23NO2/c1-3-12-21(15-18-11-7-8-16(2)13-18)19(20(22)23)14-17-9-5-4-6-10-17/h3-11,13,19H,1,12,14-15H2,2H3,(H,22,23). The monoisotopic (exact) mass is 309 g/mol. The van der Waals surface area contributed by atoms with Gasteiger partial charge in [-0.3, -0.25) is 9.69 Å². The Morgan fingerprint density at radius 2 is 1.87 bits per heavy atom. The minimum atomic E-state index is -0.802. The molecule has 2 rings (SSSR count). The van der Waals surface area contributed by atoms with E-state index in [1.165, 1.54) is 5.56 Å². The van der Waals surface area contributed by atoms with E-state index in [0.717, 1.165) is 11.1 Å². The Labute approximate surface area is 137 Å². The molecule has 0 aromatic heterocycles. The molecule has 3 nitrogen and oxygen atoms in total. The minimum absolute atomic E-state index is 0.482. The number of carboxylic acids is 1. The van der Waals surface area contributed by atoms with Gasteiger partial charge in [0, 0.05) is 13.1 Å². The summed E-state index contributed by atoms with van der Waals surface area (Å²) in [7, 11) is 0. The third kappa shape index (κ3) is 5.08. The van der Waals surface area contributed by atoms with E-state index in [4.69, 9.17) is 0 Å². The van der Waals surface area contributed by atoms with E-state index in [1.54, 1.807) is 6.08 Å². The lowest BCUT2D eigenvalue weighted by molar-refractivity contribution is -0.143. The molecule has 0 amide bonds. The molecule has 1 N–H and O–H groups in total. The number of carbonyl (C=O) groups is 1. The lowest BCUT2D eigenvalue weighted by Crippen LogP contribution is -2.42. The van der Waals surface area contributed by atoms with Gasteiger partial charge < -0.3 is 5.11 Å². The molecule has 0 spiro atoms. The van der Waals surface area contributed by atoms with E-state index in [9.17, 15) is 9.90 Å². The van der Waals surface area contributed by atoms with Crippen LogP contribution >= 0.6 is 0 Å². The largest absolute Gasteiger partial charge is 0.480 e. The number of nitrogens with zero attached hydrogens (tertiary/aromatic N) is 1. The van der Waals surface area contributed by atoms with E-state index in [0.29, 0.717) is 19.5 Å². The van der Waals surface area contributed by atoms with Gasteiger partial charge in [0.1, 0.15) is 6.04 Å². The second-order valence-electron chi connectivity index (χ2n) is 5.75. The van der Waals surface area contributed by atoms with Gasteiger partial charge in [0.15, 0.2) is 0 Å². The molecule has 0 radical (unpaired) electrons. The van der Waals surface area contributed by atoms with Crippen molar-refractivity contribution in [3.05, 3.63) is 83.9 Å². The number of hydrogen-bond acceptors (Lipinski definition) is 2. The molecule has 0 fully saturated rings. The van der Waals surface area contributed by atoms with E-state index in [2.05, 4.69) is 12.6 Å². The number of rotatable bonds is 8. The van der Waals surface area contributed by atoms with Gasteiger partial charge in [-0.25, -0.2) is 0 Å². The second-order valence-corrected chi connectivity index (χ2v) is 5.75. The van der Waals surface area contributed by atoms with Crippen molar-refractivity contribution in [2.45, 2.75) is 25.9 Å². The molecule has 1 unspecified atom stereocenters. The fourth-order valence-corrected chi connectivity index (χ4v) is 2.72. The van der Waals surface area contributed by atoms with Gasteiger partial charge in [0.05, 0.1) is 0 Å². The highest BCUT2D eigenvalue weighted by atomic mass is 16.4. The van der Waals surface area contributed by atoms with E-state index in [1.807, 2.05) is 60.4 Å². The Bertz CT molecular complexity index is 652. The minimum Gasteiger partial charge on any atom is -0.480 e. The Hall–Kier alpha value is -2.39. The fraction of sp³-hybridized carbons (Fsp3) is 0.250. The third-order valence-corrected chi connectivity index (χ3v) is 3.83. The Morgan fingerprint density at radius 3 is 2.48 bits per heavy atom. The SMILES string of the molecule is C=CCN(Cc1cccc(C)c1)C(Cc1ccccc1)C(=O)O. The Kier molecular flexibility index (Phi) is 6.12. The molecule has 0 bridgehead atoms. The van der Waals surface area contributed by atoms with Crippen LogP contribution in [0.15, 0.2) is 67.3 Å². The highest BCUT2D eigenvalue weighted by Crippen LogP contribution is 2.15. The molecule has 0 saturated carbocycles. The van der Waals surface area contributed by atoms with Gasteiger partial charge >= 0.3 is 5.97 Å². The average molecular weight is 309 g/mol. The van der Waals surface area contributed by atoms with E-state index in [-0.39, 0.29) is 0 Å². The molecule has 0 aliphatic heterocycles. The Balaban J connectivity index is 2.20.